The number of aromatic nitrogens is 2. The van der Waals surface area contributed by atoms with Gasteiger partial charge in [0.05, 0.1) is 11.4 Å². The first-order chi connectivity index (χ1) is 9.18. The molecule has 0 spiro atoms. The van der Waals surface area contributed by atoms with Crippen molar-refractivity contribution in [2.24, 2.45) is 17.6 Å². The van der Waals surface area contributed by atoms with E-state index in [-0.39, 0.29) is 11.7 Å². The molecule has 2 unspecified atom stereocenters. The lowest BCUT2D eigenvalue weighted by Crippen LogP contribution is -2.32. The Bertz CT molecular complexity index is 574. The van der Waals surface area contributed by atoms with Gasteiger partial charge in [-0.2, -0.15) is 0 Å². The van der Waals surface area contributed by atoms with Gasteiger partial charge in [-0.3, -0.25) is 4.79 Å². The highest BCUT2D eigenvalue weighted by atomic mass is 16.1. The Labute approximate surface area is 112 Å². The molecule has 2 N–H and O–H groups in total. The Balaban J connectivity index is 2.09. The minimum Gasteiger partial charge on any atom is -0.395 e. The predicted molar refractivity (Wildman–Crippen MR) is 72.7 cm³/mol. The third-order valence-electron chi connectivity index (χ3n) is 4.14. The number of Topliss-reactive ketones (excluding diaryl/α,β-unsaturated/α-hetero) is 1. The fourth-order valence-electron chi connectivity index (χ4n) is 3.06. The molecule has 0 aromatic carbocycles. The van der Waals surface area contributed by atoms with Crippen LogP contribution in [0.3, 0.4) is 0 Å². The largest absolute Gasteiger partial charge is 0.395 e. The maximum absolute atomic E-state index is 12.4. The summed E-state index contributed by atoms with van der Waals surface area (Å²) in [6, 6.07) is 1.79. The summed E-state index contributed by atoms with van der Waals surface area (Å²) in [6.45, 7) is 2.18. The fourth-order valence-corrected chi connectivity index (χ4v) is 3.06. The molecule has 4 nitrogen and oxygen atoms in total. The number of ketones is 1. The fraction of sp³-hybridized carbons (Fsp3) is 0.400. The lowest BCUT2D eigenvalue weighted by Gasteiger charge is -2.33. The summed E-state index contributed by atoms with van der Waals surface area (Å²) >= 11 is 0. The minimum absolute atomic E-state index is 0.00524. The third-order valence-corrected chi connectivity index (χ3v) is 4.14. The highest BCUT2D eigenvalue weighted by molar-refractivity contribution is 6.08. The molecule has 98 valence electrons. The second-order valence-corrected chi connectivity index (χ2v) is 5.32. The van der Waals surface area contributed by atoms with Crippen LogP contribution in [0.15, 0.2) is 35.9 Å². The highest BCUT2D eigenvalue weighted by Gasteiger charge is 2.35. The van der Waals surface area contributed by atoms with Crippen molar-refractivity contribution in [1.29, 1.82) is 0 Å². The van der Waals surface area contributed by atoms with E-state index < -0.39 is 0 Å². The molecule has 2 aliphatic carbocycles. The normalized spacial score (nSPS) is 27.0. The van der Waals surface area contributed by atoms with E-state index in [1.54, 1.807) is 12.3 Å². The van der Waals surface area contributed by atoms with E-state index in [0.717, 1.165) is 30.5 Å². The van der Waals surface area contributed by atoms with Crippen LogP contribution in [0.4, 0.5) is 0 Å². The van der Waals surface area contributed by atoms with Gasteiger partial charge in [-0.25, -0.2) is 9.97 Å². The van der Waals surface area contributed by atoms with Gasteiger partial charge in [0.1, 0.15) is 6.33 Å². The zero-order chi connectivity index (χ0) is 13.4. The number of carbonyl (C=O) groups is 1. The van der Waals surface area contributed by atoms with E-state index in [1.165, 1.54) is 11.9 Å². The molecule has 1 aromatic rings. The molecule has 2 aliphatic rings. The molecule has 1 saturated carbocycles. The Morgan fingerprint density at radius 2 is 2.21 bits per heavy atom. The van der Waals surface area contributed by atoms with Crippen molar-refractivity contribution in [2.45, 2.75) is 26.2 Å². The zero-order valence-corrected chi connectivity index (χ0v) is 11.0. The molecule has 1 aromatic heterocycles. The Morgan fingerprint density at radius 3 is 2.95 bits per heavy atom. The lowest BCUT2D eigenvalue weighted by atomic mass is 9.71. The maximum atomic E-state index is 12.4. The summed E-state index contributed by atoms with van der Waals surface area (Å²) in [5.41, 5.74) is 9.09. The van der Waals surface area contributed by atoms with Crippen LogP contribution >= 0.6 is 0 Å². The van der Waals surface area contributed by atoms with Gasteiger partial charge in [0, 0.05) is 17.7 Å². The first-order valence-electron chi connectivity index (χ1n) is 6.70. The zero-order valence-electron chi connectivity index (χ0n) is 11.0. The van der Waals surface area contributed by atoms with E-state index in [9.17, 15) is 4.79 Å². The molecular weight excluding hydrogens is 238 g/mol. The number of carbonyl (C=O) groups excluding carboxylic acids is 1. The molecule has 4 heteroatoms. The molecule has 0 amide bonds. The van der Waals surface area contributed by atoms with Crippen molar-refractivity contribution >= 4 is 11.4 Å². The first kappa shape index (κ1) is 12.1. The molecular formula is C15H17N3O. The van der Waals surface area contributed by atoms with Crippen LogP contribution in [0.25, 0.3) is 5.57 Å². The lowest BCUT2D eigenvalue weighted by molar-refractivity contribution is -0.119. The summed E-state index contributed by atoms with van der Waals surface area (Å²) in [5, 5.41) is 0. The average Bonchev–Trinajstić information content (AvgIpc) is 2.44. The molecule has 2 atom stereocenters. The number of nitrogens with two attached hydrogens (primary N) is 1. The highest BCUT2D eigenvalue weighted by Crippen LogP contribution is 2.40. The van der Waals surface area contributed by atoms with Crippen LogP contribution in [0.2, 0.25) is 0 Å². The van der Waals surface area contributed by atoms with Gasteiger partial charge in [-0.05, 0) is 24.8 Å². The maximum Gasteiger partial charge on any atom is 0.186 e. The van der Waals surface area contributed by atoms with Crippen molar-refractivity contribution in [2.75, 3.05) is 0 Å². The van der Waals surface area contributed by atoms with Gasteiger partial charge < -0.3 is 5.73 Å². The van der Waals surface area contributed by atoms with Crippen molar-refractivity contribution < 1.29 is 4.79 Å². The van der Waals surface area contributed by atoms with E-state index >= 15 is 0 Å². The number of rotatable bonds is 1. The van der Waals surface area contributed by atoms with Crippen molar-refractivity contribution in [1.82, 2.24) is 9.97 Å². The smallest absolute Gasteiger partial charge is 0.186 e. The SMILES string of the molecule is CC1CCCC2C(=O)C(N)=C(c3ccncn3)C=C12. The number of fused-ring (bicyclic) bond motifs is 1. The average molecular weight is 255 g/mol. The van der Waals surface area contributed by atoms with Crippen LogP contribution in [-0.4, -0.2) is 15.8 Å². The molecule has 0 bridgehead atoms. The molecule has 3 rings (SSSR count). The van der Waals surface area contributed by atoms with Gasteiger partial charge in [-0.15, -0.1) is 0 Å². The van der Waals surface area contributed by atoms with E-state index in [0.29, 0.717) is 11.6 Å². The summed E-state index contributed by atoms with van der Waals surface area (Å²) in [6.07, 6.45) is 8.40. The van der Waals surface area contributed by atoms with Crippen LogP contribution in [0.1, 0.15) is 31.9 Å². The quantitative estimate of drug-likeness (QED) is 0.834. The van der Waals surface area contributed by atoms with E-state index in [1.807, 2.05) is 0 Å². The van der Waals surface area contributed by atoms with Gasteiger partial charge in [0.25, 0.3) is 0 Å². The summed E-state index contributed by atoms with van der Waals surface area (Å²) in [4.78, 5) is 20.5. The summed E-state index contributed by atoms with van der Waals surface area (Å²) < 4.78 is 0. The van der Waals surface area contributed by atoms with Crippen LogP contribution < -0.4 is 5.73 Å². The topological polar surface area (TPSA) is 68.9 Å². The van der Waals surface area contributed by atoms with E-state index in [2.05, 4.69) is 23.0 Å². The number of nitrogens with zero attached hydrogens (tertiary/aromatic N) is 2. The molecule has 0 radical (unpaired) electrons. The second-order valence-electron chi connectivity index (χ2n) is 5.32. The predicted octanol–water partition coefficient (Wildman–Crippen LogP) is 2.09. The van der Waals surface area contributed by atoms with Gasteiger partial charge in [0.15, 0.2) is 5.78 Å². The Morgan fingerprint density at radius 1 is 1.37 bits per heavy atom. The third kappa shape index (κ3) is 1.97. The van der Waals surface area contributed by atoms with Crippen molar-refractivity contribution in [3.63, 3.8) is 0 Å². The molecule has 0 aliphatic heterocycles. The Hall–Kier alpha value is -1.97. The number of hydrogen-bond donors (Lipinski definition) is 1. The van der Waals surface area contributed by atoms with Gasteiger partial charge in [0.2, 0.25) is 0 Å². The van der Waals surface area contributed by atoms with Crippen molar-refractivity contribution in [3.05, 3.63) is 41.6 Å². The monoisotopic (exact) mass is 255 g/mol. The standard InChI is InChI=1S/C15H17N3O/c1-9-3-2-4-10-11(9)7-12(14(16)15(10)19)13-5-6-17-8-18-13/h5-10H,2-4,16H2,1H3. The minimum atomic E-state index is -0.00524. The molecule has 0 saturated heterocycles. The molecule has 19 heavy (non-hydrogen) atoms. The second kappa shape index (κ2) is 4.61. The Kier molecular flexibility index (Phi) is 2.93. The number of allylic oxidation sites excluding steroid dienone is 4. The van der Waals surface area contributed by atoms with Crippen LogP contribution in [-0.2, 0) is 4.79 Å². The molecule has 1 heterocycles. The van der Waals surface area contributed by atoms with Gasteiger partial charge >= 0.3 is 0 Å². The van der Waals surface area contributed by atoms with Gasteiger partial charge in [-0.1, -0.05) is 25.0 Å². The summed E-state index contributed by atoms with van der Waals surface area (Å²) in [5.74, 6) is 0.514. The molecule has 1 fully saturated rings. The first-order valence-corrected chi connectivity index (χ1v) is 6.70. The summed E-state index contributed by atoms with van der Waals surface area (Å²) in [7, 11) is 0. The van der Waals surface area contributed by atoms with Crippen LogP contribution in [0, 0.1) is 11.8 Å². The number of hydrogen-bond acceptors (Lipinski definition) is 4. The van der Waals surface area contributed by atoms with Crippen molar-refractivity contribution in [3.8, 4) is 0 Å². The van der Waals surface area contributed by atoms with Crippen LogP contribution in [0.5, 0.6) is 0 Å². The van der Waals surface area contributed by atoms with E-state index in [4.69, 9.17) is 5.73 Å².